The molecule has 0 saturated heterocycles. The summed E-state index contributed by atoms with van der Waals surface area (Å²) in [5.74, 6) is 1.34. The van der Waals surface area contributed by atoms with Crippen molar-refractivity contribution in [1.29, 1.82) is 0 Å². The van der Waals surface area contributed by atoms with Gasteiger partial charge in [-0.25, -0.2) is 9.78 Å². The fraction of sp³-hybridized carbons (Fsp3) is 0.290. The monoisotopic (exact) mass is 542 g/mol. The van der Waals surface area contributed by atoms with Crippen LogP contribution in [0.25, 0.3) is 0 Å². The summed E-state index contributed by atoms with van der Waals surface area (Å²) in [6.45, 7) is 4.02. The number of benzene rings is 2. The van der Waals surface area contributed by atoms with Gasteiger partial charge in [-0.15, -0.1) is 0 Å². The van der Waals surface area contributed by atoms with Crippen LogP contribution in [0.2, 0.25) is 0 Å². The van der Waals surface area contributed by atoms with Crippen LogP contribution in [-0.4, -0.2) is 39.7 Å². The van der Waals surface area contributed by atoms with Crippen LogP contribution in [0.5, 0.6) is 11.5 Å². The van der Waals surface area contributed by atoms with Crippen molar-refractivity contribution in [2.24, 2.45) is 0 Å². The molecule has 1 N–H and O–H groups in total. The molecule has 1 aliphatic carbocycles. The average molecular weight is 543 g/mol. The van der Waals surface area contributed by atoms with Gasteiger partial charge in [-0.1, -0.05) is 47.5 Å². The Morgan fingerprint density at radius 3 is 2.69 bits per heavy atom. The lowest BCUT2D eigenvalue weighted by atomic mass is 9.89. The largest absolute Gasteiger partial charge is 0.494 e. The number of aryl methyl sites for hydroxylation is 2. The molecule has 1 aromatic heterocycles. The highest BCUT2D eigenvalue weighted by Crippen LogP contribution is 2.44. The minimum Gasteiger partial charge on any atom is -0.494 e. The second kappa shape index (κ2) is 11.0. The zero-order chi connectivity index (χ0) is 26.8. The van der Waals surface area contributed by atoms with Gasteiger partial charge in [0.25, 0.3) is 0 Å². The SMILES string of the molecule is Cc1ccc(OC(=O)N2CCC3=C(NC4CC=C(Cl)C=C34)C2c2ccc(OCCCn3ccnc3)cc2)cc1. The van der Waals surface area contributed by atoms with E-state index in [0.29, 0.717) is 18.9 Å². The maximum Gasteiger partial charge on any atom is 0.416 e. The summed E-state index contributed by atoms with van der Waals surface area (Å²) in [7, 11) is 0. The molecule has 6 rings (SSSR count). The molecule has 0 saturated carbocycles. The summed E-state index contributed by atoms with van der Waals surface area (Å²) < 4.78 is 13.8. The zero-order valence-corrected chi connectivity index (χ0v) is 22.6. The normalized spacial score (nSPS) is 20.0. The number of imidazole rings is 1. The molecule has 3 aromatic rings. The maximum absolute atomic E-state index is 13.5. The van der Waals surface area contributed by atoms with E-state index in [9.17, 15) is 4.79 Å². The predicted molar refractivity (Wildman–Crippen MR) is 151 cm³/mol. The minimum atomic E-state index is -0.364. The summed E-state index contributed by atoms with van der Waals surface area (Å²) in [6, 6.07) is 15.5. The molecular formula is C31H31ClN4O3. The summed E-state index contributed by atoms with van der Waals surface area (Å²) >= 11 is 6.38. The van der Waals surface area contributed by atoms with Crippen LogP contribution in [0.1, 0.15) is 36.4 Å². The van der Waals surface area contributed by atoms with Crippen molar-refractivity contribution in [1.82, 2.24) is 19.8 Å². The number of carbonyl (C=O) groups is 1. The van der Waals surface area contributed by atoms with Crippen molar-refractivity contribution in [3.63, 3.8) is 0 Å². The Kier molecular flexibility index (Phi) is 7.16. The summed E-state index contributed by atoms with van der Waals surface area (Å²) in [5, 5.41) is 4.48. The zero-order valence-electron chi connectivity index (χ0n) is 21.8. The Labute approximate surface area is 233 Å². The van der Waals surface area contributed by atoms with Gasteiger partial charge in [0.2, 0.25) is 0 Å². The second-order valence-electron chi connectivity index (χ2n) is 10.1. The van der Waals surface area contributed by atoms with Crippen molar-refractivity contribution in [2.75, 3.05) is 13.2 Å². The van der Waals surface area contributed by atoms with Gasteiger partial charge < -0.3 is 19.4 Å². The predicted octanol–water partition coefficient (Wildman–Crippen LogP) is 6.29. The third-order valence-electron chi connectivity index (χ3n) is 7.45. The second-order valence-corrected chi connectivity index (χ2v) is 10.5. The molecule has 2 aromatic carbocycles. The number of aromatic nitrogens is 2. The molecule has 1 amide bonds. The van der Waals surface area contributed by atoms with E-state index in [0.717, 1.165) is 53.4 Å². The average Bonchev–Trinajstić information content (AvgIpc) is 3.60. The lowest BCUT2D eigenvalue weighted by Gasteiger charge is -2.36. The van der Waals surface area contributed by atoms with Gasteiger partial charge in [-0.05, 0) is 73.2 Å². The van der Waals surface area contributed by atoms with Gasteiger partial charge in [0.15, 0.2) is 0 Å². The minimum absolute atomic E-state index is 0.172. The number of nitrogens with one attached hydrogen (secondary N) is 1. The first kappa shape index (κ1) is 25.3. The van der Waals surface area contributed by atoms with E-state index < -0.39 is 0 Å². The molecule has 0 bridgehead atoms. The highest BCUT2D eigenvalue weighted by atomic mass is 35.5. The molecule has 39 heavy (non-hydrogen) atoms. The lowest BCUT2D eigenvalue weighted by Crippen LogP contribution is -2.43. The number of nitrogens with zero attached hydrogens (tertiary/aromatic N) is 3. The first-order valence-corrected chi connectivity index (χ1v) is 13.7. The Morgan fingerprint density at radius 1 is 1.13 bits per heavy atom. The number of hydrogen-bond donors (Lipinski definition) is 1. The molecule has 200 valence electrons. The molecule has 2 unspecified atom stereocenters. The van der Waals surface area contributed by atoms with Crippen LogP contribution in [-0.2, 0) is 6.54 Å². The molecule has 3 aliphatic rings. The number of fused-ring (bicyclic) bond motifs is 2. The fourth-order valence-electron chi connectivity index (χ4n) is 5.48. The molecule has 3 heterocycles. The van der Waals surface area contributed by atoms with Crippen molar-refractivity contribution in [3.05, 3.63) is 112 Å². The van der Waals surface area contributed by atoms with Crippen molar-refractivity contribution < 1.29 is 14.3 Å². The number of carbonyl (C=O) groups excluding carboxylic acids is 1. The van der Waals surface area contributed by atoms with E-state index in [1.807, 2.05) is 83.5 Å². The summed E-state index contributed by atoms with van der Waals surface area (Å²) in [5.41, 5.74) is 5.64. The third kappa shape index (κ3) is 5.45. The van der Waals surface area contributed by atoms with Crippen LogP contribution in [0, 0.1) is 6.92 Å². The van der Waals surface area contributed by atoms with Gasteiger partial charge in [0.1, 0.15) is 17.5 Å². The molecule has 2 atom stereocenters. The van der Waals surface area contributed by atoms with Crippen molar-refractivity contribution >= 4 is 17.7 Å². The summed E-state index contributed by atoms with van der Waals surface area (Å²) in [6.07, 6.45) is 11.7. The van der Waals surface area contributed by atoms with Gasteiger partial charge in [0.05, 0.1) is 19.0 Å². The van der Waals surface area contributed by atoms with E-state index in [1.165, 1.54) is 11.1 Å². The molecular weight excluding hydrogens is 512 g/mol. The Morgan fingerprint density at radius 2 is 1.92 bits per heavy atom. The molecule has 0 fully saturated rings. The van der Waals surface area contributed by atoms with Crippen LogP contribution < -0.4 is 14.8 Å². The number of ether oxygens (including phenoxy) is 2. The molecule has 0 radical (unpaired) electrons. The van der Waals surface area contributed by atoms with Gasteiger partial charge in [-0.2, -0.15) is 0 Å². The number of amides is 1. The Bertz CT molecular complexity index is 1430. The first-order valence-electron chi connectivity index (χ1n) is 13.4. The number of halogens is 1. The molecule has 2 aliphatic heterocycles. The number of rotatable bonds is 7. The highest BCUT2D eigenvalue weighted by Gasteiger charge is 2.42. The molecule has 7 nitrogen and oxygen atoms in total. The molecule has 8 heteroatoms. The highest BCUT2D eigenvalue weighted by molar-refractivity contribution is 6.31. The van der Waals surface area contributed by atoms with E-state index >= 15 is 0 Å². The lowest BCUT2D eigenvalue weighted by molar-refractivity contribution is 0.134. The van der Waals surface area contributed by atoms with Crippen molar-refractivity contribution in [3.8, 4) is 11.5 Å². The fourth-order valence-corrected chi connectivity index (χ4v) is 5.69. The van der Waals surface area contributed by atoms with E-state index in [2.05, 4.69) is 16.4 Å². The van der Waals surface area contributed by atoms with E-state index in [4.69, 9.17) is 21.1 Å². The topological polar surface area (TPSA) is 68.6 Å². The van der Waals surface area contributed by atoms with Crippen molar-refractivity contribution in [2.45, 2.75) is 44.8 Å². The first-order chi connectivity index (χ1) is 19.0. The maximum atomic E-state index is 13.5. The number of allylic oxidation sites excluding steroid dienone is 2. The van der Waals surface area contributed by atoms with E-state index in [1.54, 1.807) is 6.20 Å². The van der Waals surface area contributed by atoms with E-state index in [-0.39, 0.29) is 18.2 Å². The van der Waals surface area contributed by atoms with Gasteiger partial charge in [0, 0.05) is 36.2 Å². The van der Waals surface area contributed by atoms with Gasteiger partial charge >= 0.3 is 6.09 Å². The Hall–Kier alpha value is -3.97. The molecule has 0 spiro atoms. The van der Waals surface area contributed by atoms with Crippen LogP contribution in [0.3, 0.4) is 0 Å². The van der Waals surface area contributed by atoms with Crippen LogP contribution in [0.4, 0.5) is 4.79 Å². The standard InChI is InChI=1S/C31H31ClN4O3/c1-21-3-8-25(9-4-21)39-31(37)36-16-13-26-27-19-23(32)7-12-28(27)34-29(26)30(36)22-5-10-24(11-6-22)38-18-2-15-35-17-14-33-20-35/h3-11,14,17,19-20,28,30,34H,2,12-13,15-16,18H2,1H3. The smallest absolute Gasteiger partial charge is 0.416 e. The van der Waals surface area contributed by atoms with Crippen LogP contribution >= 0.6 is 11.6 Å². The van der Waals surface area contributed by atoms with Gasteiger partial charge in [-0.3, -0.25) is 4.90 Å². The third-order valence-corrected chi connectivity index (χ3v) is 7.72. The summed E-state index contributed by atoms with van der Waals surface area (Å²) in [4.78, 5) is 19.4. The Balaban J connectivity index is 1.23. The number of hydrogen-bond acceptors (Lipinski definition) is 5. The van der Waals surface area contributed by atoms with Crippen LogP contribution in [0.15, 0.2) is 101 Å². The quantitative estimate of drug-likeness (QED) is 0.356.